The molecule has 3 nitrogen and oxygen atoms in total. The monoisotopic (exact) mass is 302 g/mol. The van der Waals surface area contributed by atoms with Crippen molar-refractivity contribution < 1.29 is 64.4 Å². The molecule has 0 spiro atoms. The molecule has 2 aromatic rings. The summed E-state index contributed by atoms with van der Waals surface area (Å²) < 4.78 is 33.9. The summed E-state index contributed by atoms with van der Waals surface area (Å²) in [5.41, 5.74) is 2.08. The van der Waals surface area contributed by atoms with Crippen LogP contribution in [0.25, 0.3) is 10.8 Å². The van der Waals surface area contributed by atoms with Crippen LogP contribution in [0.5, 0.6) is 0 Å². The molecule has 0 saturated heterocycles. The van der Waals surface area contributed by atoms with Gasteiger partial charge in [0.1, 0.15) is 10.1 Å². The number of fused-ring (bicyclic) bond motifs is 1. The molecule has 0 heterocycles. The Balaban J connectivity index is 0.00000180. The summed E-state index contributed by atoms with van der Waals surface area (Å²) in [6, 6.07) is 8.82. The average Bonchev–Trinajstić information content (AvgIpc) is 2.35. The maximum atomic E-state index is 11.3. The van der Waals surface area contributed by atoms with Crippen LogP contribution in [0.1, 0.15) is 25.0 Å². The normalized spacial score (nSPS) is 11.3. The number of hydrogen-bond acceptors (Lipinski definition) is 3. The Morgan fingerprint density at radius 1 is 1.00 bits per heavy atom. The summed E-state index contributed by atoms with van der Waals surface area (Å²) in [6.45, 7) is 4.00. The van der Waals surface area contributed by atoms with Gasteiger partial charge < -0.3 is 4.55 Å². The van der Waals surface area contributed by atoms with Crippen molar-refractivity contribution in [1.82, 2.24) is 0 Å². The third-order valence-electron chi connectivity index (χ3n) is 3.19. The first-order valence-corrected chi connectivity index (χ1v) is 7.38. The van der Waals surface area contributed by atoms with Gasteiger partial charge in [-0.3, -0.25) is 0 Å². The van der Waals surface area contributed by atoms with Crippen LogP contribution in [0.15, 0.2) is 35.2 Å². The fraction of sp³-hybridized carbons (Fsp3) is 0.286. The van der Waals surface area contributed by atoms with Crippen LogP contribution in [0, 0.1) is 0 Å². The van der Waals surface area contributed by atoms with Crippen molar-refractivity contribution in [1.29, 1.82) is 0 Å². The van der Waals surface area contributed by atoms with Crippen molar-refractivity contribution in [3.63, 3.8) is 0 Å². The average molecular weight is 302 g/mol. The molecule has 96 valence electrons. The second-order valence-corrected chi connectivity index (χ2v) is 5.61. The summed E-state index contributed by atoms with van der Waals surface area (Å²) >= 11 is 0. The summed E-state index contributed by atoms with van der Waals surface area (Å²) in [6.07, 6.45) is 1.62. The van der Waals surface area contributed by atoms with Crippen molar-refractivity contribution in [2.75, 3.05) is 0 Å². The minimum Gasteiger partial charge on any atom is -0.744 e. The van der Waals surface area contributed by atoms with Crippen molar-refractivity contribution in [2.24, 2.45) is 0 Å². The van der Waals surface area contributed by atoms with E-state index in [0.717, 1.165) is 29.4 Å². The molecule has 0 aliphatic carbocycles. The van der Waals surface area contributed by atoms with Crippen molar-refractivity contribution in [2.45, 2.75) is 31.6 Å². The molecule has 0 amide bonds. The Morgan fingerprint density at radius 3 is 2.21 bits per heavy atom. The number of benzene rings is 2. The van der Waals surface area contributed by atoms with Crippen molar-refractivity contribution in [3.8, 4) is 0 Å². The molecule has 0 unspecified atom stereocenters. The molecule has 19 heavy (non-hydrogen) atoms. The molecule has 0 aliphatic heterocycles. The van der Waals surface area contributed by atoms with Crippen LogP contribution in [-0.2, 0) is 23.0 Å². The fourth-order valence-corrected chi connectivity index (χ4v) is 2.85. The summed E-state index contributed by atoms with van der Waals surface area (Å²) in [5, 5.41) is 1.40. The van der Waals surface area contributed by atoms with Crippen molar-refractivity contribution >= 4 is 20.9 Å². The van der Waals surface area contributed by atoms with Gasteiger partial charge in [0.05, 0.1) is 4.90 Å². The molecule has 2 aromatic carbocycles. The quantitative estimate of drug-likeness (QED) is 0.586. The molecule has 0 bridgehead atoms. The minimum atomic E-state index is -4.43. The van der Waals surface area contributed by atoms with Gasteiger partial charge in [-0.25, -0.2) is 8.42 Å². The van der Waals surface area contributed by atoms with Crippen molar-refractivity contribution in [3.05, 3.63) is 41.5 Å². The molecule has 0 fully saturated rings. The molecule has 0 aromatic heterocycles. The van der Waals surface area contributed by atoms with E-state index in [1.165, 1.54) is 6.07 Å². The van der Waals surface area contributed by atoms with Crippen LogP contribution in [-0.4, -0.2) is 13.0 Å². The first-order chi connectivity index (χ1) is 8.47. The van der Waals surface area contributed by atoms with E-state index in [1.807, 2.05) is 26.0 Å². The van der Waals surface area contributed by atoms with Gasteiger partial charge in [0, 0.05) is 0 Å². The first-order valence-electron chi connectivity index (χ1n) is 5.97. The van der Waals surface area contributed by atoms with Gasteiger partial charge >= 0.3 is 51.4 Å². The van der Waals surface area contributed by atoms with Crippen LogP contribution in [0.2, 0.25) is 0 Å². The molecule has 0 aliphatic rings. The predicted octanol–water partition coefficient (Wildman–Crippen LogP) is -0.127. The molecule has 0 N–H and O–H groups in total. The molecule has 0 atom stereocenters. The minimum absolute atomic E-state index is 0. The third kappa shape index (κ3) is 3.67. The topological polar surface area (TPSA) is 57.2 Å². The number of hydrogen-bond donors (Lipinski definition) is 0. The van der Waals surface area contributed by atoms with E-state index in [-0.39, 0.29) is 56.3 Å². The Hall–Kier alpha value is 0.246. The zero-order chi connectivity index (χ0) is 13.3. The van der Waals surface area contributed by atoms with Gasteiger partial charge in [0.25, 0.3) is 0 Å². The predicted molar refractivity (Wildman–Crippen MR) is 70.7 cm³/mol. The van der Waals surface area contributed by atoms with Crippen LogP contribution in [0.4, 0.5) is 0 Å². The maximum Gasteiger partial charge on any atom is 1.00 e. The van der Waals surface area contributed by atoms with Gasteiger partial charge in [-0.05, 0) is 46.9 Å². The van der Waals surface area contributed by atoms with Gasteiger partial charge in [-0.15, -0.1) is 0 Å². The van der Waals surface area contributed by atoms with Crippen LogP contribution < -0.4 is 51.4 Å². The molecule has 0 radical (unpaired) electrons. The molecule has 5 heteroatoms. The summed E-state index contributed by atoms with van der Waals surface area (Å²) in [5.74, 6) is 0. The van der Waals surface area contributed by atoms with E-state index in [9.17, 15) is 13.0 Å². The maximum absolute atomic E-state index is 11.3. The molecular formula is C14H15KO3S. The van der Waals surface area contributed by atoms with E-state index >= 15 is 0 Å². The number of aryl methyl sites for hydroxylation is 2. The van der Waals surface area contributed by atoms with E-state index in [1.54, 1.807) is 12.1 Å². The molecular weight excluding hydrogens is 287 g/mol. The summed E-state index contributed by atoms with van der Waals surface area (Å²) in [4.78, 5) is -0.120. The Kier molecular flexibility index (Phi) is 6.19. The van der Waals surface area contributed by atoms with Gasteiger partial charge in [-0.1, -0.05) is 32.0 Å². The van der Waals surface area contributed by atoms with E-state index < -0.39 is 10.1 Å². The second kappa shape index (κ2) is 6.80. The van der Waals surface area contributed by atoms with Gasteiger partial charge in [-0.2, -0.15) is 0 Å². The molecule has 2 rings (SSSR count). The largest absolute Gasteiger partial charge is 1.00 e. The van der Waals surface area contributed by atoms with E-state index in [4.69, 9.17) is 0 Å². The first kappa shape index (κ1) is 17.3. The summed E-state index contributed by atoms with van der Waals surface area (Å²) in [7, 11) is -4.43. The fourth-order valence-electron chi connectivity index (χ4n) is 2.18. The Morgan fingerprint density at radius 2 is 1.68 bits per heavy atom. The standard InChI is InChI=1S/C14H16O3S.K/c1-3-10-5-7-12-11(4-2)6-8-14(13(12)9-10)18(15,16)17;/h5-9H,3-4H2,1-2H3,(H,15,16,17);/q;+1/p-1. The second-order valence-electron chi connectivity index (χ2n) is 4.26. The smallest absolute Gasteiger partial charge is 0.744 e. The SMILES string of the molecule is CCc1ccc2c(CC)ccc(S(=O)(=O)[O-])c2c1.[K+]. The molecule has 0 saturated carbocycles. The van der Waals surface area contributed by atoms with Crippen LogP contribution >= 0.6 is 0 Å². The zero-order valence-corrected chi connectivity index (χ0v) is 15.4. The van der Waals surface area contributed by atoms with Crippen LogP contribution in [0.3, 0.4) is 0 Å². The Labute approximate surface area is 156 Å². The van der Waals surface area contributed by atoms with E-state index in [2.05, 4.69) is 0 Å². The Bertz CT molecular complexity index is 693. The van der Waals surface area contributed by atoms with Gasteiger partial charge in [0.15, 0.2) is 0 Å². The van der Waals surface area contributed by atoms with Gasteiger partial charge in [0.2, 0.25) is 0 Å². The van der Waals surface area contributed by atoms with E-state index in [0.29, 0.717) is 5.39 Å². The zero-order valence-electron chi connectivity index (χ0n) is 11.4. The number of rotatable bonds is 3. The third-order valence-corrected chi connectivity index (χ3v) is 4.08.